The van der Waals surface area contributed by atoms with E-state index < -0.39 is 44.7 Å². The summed E-state index contributed by atoms with van der Waals surface area (Å²) >= 11 is 3.92. The number of rotatable bonds is 7. The third-order valence-electron chi connectivity index (χ3n) is 5.55. The second-order valence-electron chi connectivity index (χ2n) is 10.7. The number of halogens is 3. The van der Waals surface area contributed by atoms with E-state index in [4.69, 9.17) is 13.9 Å². The fourth-order valence-corrected chi connectivity index (χ4v) is 5.57. The summed E-state index contributed by atoms with van der Waals surface area (Å²) in [5.41, 5.74) is -0.721. The summed E-state index contributed by atoms with van der Waals surface area (Å²) in [4.78, 5) is 25.4. The average molecular weight is 588 g/mol. The second kappa shape index (κ2) is 9.90. The Bertz CT molecular complexity index is 930. The van der Waals surface area contributed by atoms with Crippen molar-refractivity contribution in [2.45, 2.75) is 77.4 Å². The van der Waals surface area contributed by atoms with E-state index in [1.54, 1.807) is 20.8 Å². The Balaban J connectivity index is 2.38. The van der Waals surface area contributed by atoms with Crippen LogP contribution in [-0.2, 0) is 9.16 Å². The lowest BCUT2D eigenvalue weighted by atomic mass is 10.2. The van der Waals surface area contributed by atoms with Gasteiger partial charge < -0.3 is 29.2 Å². The highest BCUT2D eigenvalue weighted by molar-refractivity contribution is 9.11. The first kappa shape index (κ1) is 28.8. The highest BCUT2D eigenvalue weighted by Gasteiger charge is 2.46. The maximum atomic E-state index is 14.4. The van der Waals surface area contributed by atoms with Crippen molar-refractivity contribution in [3.05, 3.63) is 8.66 Å². The van der Waals surface area contributed by atoms with Gasteiger partial charge in [0, 0.05) is 6.54 Å². The molecule has 1 atom stereocenters. The molecule has 0 saturated carbocycles. The zero-order chi connectivity index (χ0) is 26.3. The first-order valence-corrected chi connectivity index (χ1v) is 15.2. The summed E-state index contributed by atoms with van der Waals surface area (Å²) in [6.07, 6.45) is -4.27. The molecule has 34 heavy (non-hydrogen) atoms. The Morgan fingerprint density at radius 3 is 2.38 bits per heavy atom. The molecule has 1 aliphatic heterocycles. The maximum Gasteiger partial charge on any atom is 0.416 e. The molecule has 2 heterocycles. The van der Waals surface area contributed by atoms with E-state index in [1.165, 1.54) is 4.90 Å². The van der Waals surface area contributed by atoms with Gasteiger partial charge in [0.05, 0.1) is 12.6 Å². The van der Waals surface area contributed by atoms with Crippen molar-refractivity contribution in [1.82, 2.24) is 5.32 Å². The van der Waals surface area contributed by atoms with Gasteiger partial charge in [-0.1, -0.05) is 20.8 Å². The van der Waals surface area contributed by atoms with Crippen molar-refractivity contribution < 1.29 is 37.4 Å². The second-order valence-corrected chi connectivity index (χ2v) is 17.9. The number of hydrogen-bond acceptors (Lipinski definition) is 7. The fraction of sp³-hybridized carbons (Fsp3) is 0.714. The zero-order valence-corrected chi connectivity index (χ0v) is 24.1. The number of carboxylic acids is 1. The molecule has 2 rings (SSSR count). The van der Waals surface area contributed by atoms with Crippen molar-refractivity contribution in [3.8, 4) is 5.75 Å². The van der Waals surface area contributed by atoms with Gasteiger partial charge in [-0.3, -0.25) is 0 Å². The van der Waals surface area contributed by atoms with Gasteiger partial charge in [-0.25, -0.2) is 9.59 Å². The summed E-state index contributed by atoms with van der Waals surface area (Å²) in [6.45, 7) is 14.4. The Labute approximate surface area is 212 Å². The number of nitrogens with one attached hydrogen (secondary N) is 1. The molecule has 2 N–H and O–H groups in total. The monoisotopic (exact) mass is 586 g/mol. The van der Waals surface area contributed by atoms with Crippen LogP contribution < -0.4 is 15.0 Å². The van der Waals surface area contributed by atoms with Crippen LogP contribution in [0.2, 0.25) is 18.1 Å². The summed E-state index contributed by atoms with van der Waals surface area (Å²) < 4.78 is 45.4. The lowest BCUT2D eigenvalue weighted by molar-refractivity contribution is -0.172. The minimum Gasteiger partial charge on any atom is -0.477 e. The molecule has 13 heteroatoms. The zero-order valence-electron chi connectivity index (χ0n) is 20.7. The van der Waals surface area contributed by atoms with E-state index in [-0.39, 0.29) is 38.3 Å². The summed E-state index contributed by atoms with van der Waals surface area (Å²) in [5, 5.41) is 12.2. The van der Waals surface area contributed by atoms with Crippen molar-refractivity contribution in [2.24, 2.45) is 0 Å². The fourth-order valence-electron chi connectivity index (χ4n) is 2.95. The van der Waals surface area contributed by atoms with E-state index in [0.717, 1.165) is 11.3 Å². The number of fused-ring (bicyclic) bond motifs is 1. The molecule has 1 aliphatic rings. The first-order chi connectivity index (χ1) is 15.2. The van der Waals surface area contributed by atoms with E-state index in [1.807, 2.05) is 13.1 Å². The van der Waals surface area contributed by atoms with Gasteiger partial charge in [-0.05, 0) is 54.8 Å². The molecule has 0 radical (unpaired) electrons. The van der Waals surface area contributed by atoms with Crippen LogP contribution in [0.15, 0.2) is 3.79 Å². The third kappa shape index (κ3) is 7.28. The first-order valence-electron chi connectivity index (χ1n) is 10.7. The molecule has 0 spiro atoms. The van der Waals surface area contributed by atoms with Gasteiger partial charge in [0.25, 0.3) is 0 Å². The van der Waals surface area contributed by atoms with Crippen LogP contribution >= 0.6 is 27.3 Å². The molecule has 0 fully saturated rings. The topological polar surface area (TPSA) is 97.3 Å². The molecule has 8 nitrogen and oxygen atoms in total. The van der Waals surface area contributed by atoms with Gasteiger partial charge in [-0.2, -0.15) is 8.78 Å². The van der Waals surface area contributed by atoms with Crippen molar-refractivity contribution in [3.63, 3.8) is 0 Å². The molecule has 0 bridgehead atoms. The van der Waals surface area contributed by atoms with Gasteiger partial charge in [0.1, 0.15) is 26.5 Å². The molecule has 0 aliphatic carbocycles. The Hall–Kier alpha value is -1.44. The van der Waals surface area contributed by atoms with Gasteiger partial charge >= 0.3 is 18.2 Å². The number of hydrogen-bond donors (Lipinski definition) is 2. The Morgan fingerprint density at radius 2 is 1.88 bits per heavy atom. The highest BCUT2D eigenvalue weighted by atomic mass is 79.9. The van der Waals surface area contributed by atoms with Crippen LogP contribution in [0.3, 0.4) is 0 Å². The number of ether oxygens (including phenoxy) is 2. The highest BCUT2D eigenvalue weighted by Crippen LogP contribution is 2.50. The summed E-state index contributed by atoms with van der Waals surface area (Å²) in [6, 6.07) is -0.758. The largest absolute Gasteiger partial charge is 0.477 e. The third-order valence-corrected chi connectivity index (χ3v) is 11.8. The SMILES string of the molecule is CC(C)(C)OC(=O)NC(CO[Si](C)(C)C(C)(C)C)CN1CC(F)(F)Oc2c(Br)sc(C(=O)O)c21. The number of thiophene rings is 1. The van der Waals surface area contributed by atoms with E-state index in [9.17, 15) is 23.5 Å². The molecular weight excluding hydrogens is 554 g/mol. The molecule has 0 aromatic carbocycles. The molecule has 1 aromatic heterocycles. The Kier molecular flexibility index (Phi) is 8.38. The van der Waals surface area contributed by atoms with Gasteiger partial charge in [-0.15, -0.1) is 11.3 Å². The lowest BCUT2D eigenvalue weighted by Gasteiger charge is -2.39. The molecule has 1 aromatic rings. The molecular formula is C21H33BrF2N2O6SSi. The van der Waals surface area contributed by atoms with E-state index >= 15 is 0 Å². The molecule has 1 unspecified atom stereocenters. The quantitative estimate of drug-likeness (QED) is 0.383. The van der Waals surface area contributed by atoms with Crippen LogP contribution in [0.25, 0.3) is 0 Å². The number of alkyl halides is 2. The van der Waals surface area contributed by atoms with Crippen LogP contribution in [0.5, 0.6) is 5.75 Å². The summed E-state index contributed by atoms with van der Waals surface area (Å²) in [7, 11) is -2.24. The molecule has 1 amide bonds. The lowest BCUT2D eigenvalue weighted by Crippen LogP contribution is -2.54. The van der Waals surface area contributed by atoms with Crippen LogP contribution in [0.1, 0.15) is 51.2 Å². The van der Waals surface area contributed by atoms with Crippen LogP contribution in [0.4, 0.5) is 19.3 Å². The van der Waals surface area contributed by atoms with Gasteiger partial charge in [0.15, 0.2) is 14.1 Å². The minimum absolute atomic E-state index is 0.0404. The maximum absolute atomic E-state index is 14.4. The number of aromatic carboxylic acids is 1. The molecule has 194 valence electrons. The van der Waals surface area contributed by atoms with E-state index in [2.05, 4.69) is 42.0 Å². The number of nitrogens with zero attached hydrogens (tertiary/aromatic N) is 1. The predicted octanol–water partition coefficient (Wildman–Crippen LogP) is 5.92. The number of amides is 1. The number of alkyl carbamates (subject to hydrolysis) is 1. The van der Waals surface area contributed by atoms with Crippen molar-refractivity contribution in [1.29, 1.82) is 0 Å². The standard InChI is InChI=1S/C21H33BrF2N2O6SSi/c1-19(2,3)32-18(29)25-12(10-30-34(7,8)20(4,5)6)9-26-11-21(23,24)31-14-13(26)15(17(27)28)33-16(14)22/h12H,9-11H2,1-8H3,(H,25,29)(H,27,28). The molecule has 0 saturated heterocycles. The number of carbonyl (C=O) groups is 2. The van der Waals surface area contributed by atoms with Crippen molar-refractivity contribution >= 4 is 53.3 Å². The number of carboxylic acid groups (broad SMARTS) is 1. The summed E-state index contributed by atoms with van der Waals surface area (Å²) in [5.74, 6) is -1.50. The van der Waals surface area contributed by atoms with Crippen LogP contribution in [0, 0.1) is 0 Å². The van der Waals surface area contributed by atoms with E-state index in [0.29, 0.717) is 0 Å². The van der Waals surface area contributed by atoms with Crippen LogP contribution in [-0.4, -0.2) is 62.9 Å². The number of carbonyl (C=O) groups excluding carboxylic acids is 1. The Morgan fingerprint density at radius 1 is 1.29 bits per heavy atom. The normalized spacial score (nSPS) is 17.0. The van der Waals surface area contributed by atoms with Crippen molar-refractivity contribution in [2.75, 3.05) is 24.6 Å². The minimum atomic E-state index is -3.55. The average Bonchev–Trinajstić information content (AvgIpc) is 2.93. The predicted molar refractivity (Wildman–Crippen MR) is 133 cm³/mol. The number of anilines is 1. The smallest absolute Gasteiger partial charge is 0.416 e. The van der Waals surface area contributed by atoms with Gasteiger partial charge in [0.2, 0.25) is 0 Å².